The van der Waals surface area contributed by atoms with E-state index in [-0.39, 0.29) is 17.3 Å². The third kappa shape index (κ3) is 4.92. The lowest BCUT2D eigenvalue weighted by atomic mass is 10.2. The van der Waals surface area contributed by atoms with Gasteiger partial charge >= 0.3 is 0 Å². The Morgan fingerprint density at radius 3 is 2.35 bits per heavy atom. The second kappa shape index (κ2) is 10.4. The van der Waals surface area contributed by atoms with E-state index in [1.54, 1.807) is 13.3 Å². The third-order valence-electron chi connectivity index (χ3n) is 5.83. The molecule has 0 atom stereocenters. The normalized spacial score (nSPS) is 11.3. The molecule has 5 rings (SSSR count). The zero-order valence-electron chi connectivity index (χ0n) is 20.5. The topological polar surface area (TPSA) is 117 Å². The SMILES string of the molecule is CCOc1ccc(C=Nn2c(N)c(C(=O)NCc3ccc(OC)cc3)c3nc4ccccc4nc32)cc1. The van der Waals surface area contributed by atoms with Crippen LogP contribution in [0.3, 0.4) is 0 Å². The van der Waals surface area contributed by atoms with Crippen LogP contribution in [-0.4, -0.2) is 40.5 Å². The van der Waals surface area contributed by atoms with Gasteiger partial charge in [-0.2, -0.15) is 9.78 Å². The summed E-state index contributed by atoms with van der Waals surface area (Å²) in [5.41, 5.74) is 10.6. The zero-order valence-corrected chi connectivity index (χ0v) is 20.5. The van der Waals surface area contributed by atoms with E-state index in [2.05, 4.69) is 10.4 Å². The maximum atomic E-state index is 13.3. The molecule has 0 aliphatic rings. The third-order valence-corrected chi connectivity index (χ3v) is 5.83. The number of anilines is 1. The molecular weight excluding hydrogens is 468 g/mol. The lowest BCUT2D eigenvalue weighted by Crippen LogP contribution is -2.23. The van der Waals surface area contributed by atoms with Crippen molar-refractivity contribution in [3.05, 3.63) is 89.5 Å². The molecule has 0 fully saturated rings. The number of methoxy groups -OCH3 is 1. The number of nitrogens with zero attached hydrogens (tertiary/aromatic N) is 4. The highest BCUT2D eigenvalue weighted by Crippen LogP contribution is 2.28. The highest BCUT2D eigenvalue weighted by Gasteiger charge is 2.24. The van der Waals surface area contributed by atoms with E-state index >= 15 is 0 Å². The Bertz CT molecular complexity index is 1590. The van der Waals surface area contributed by atoms with E-state index < -0.39 is 0 Å². The summed E-state index contributed by atoms with van der Waals surface area (Å²) in [5.74, 6) is 1.31. The molecule has 5 aromatic rings. The van der Waals surface area contributed by atoms with Gasteiger partial charge in [-0.1, -0.05) is 24.3 Å². The summed E-state index contributed by atoms with van der Waals surface area (Å²) in [6, 6.07) is 22.4. The molecular formula is C28H26N6O3. The molecule has 0 spiro atoms. The van der Waals surface area contributed by atoms with Gasteiger partial charge in [-0.25, -0.2) is 9.97 Å². The fourth-order valence-electron chi connectivity index (χ4n) is 3.94. The van der Waals surface area contributed by atoms with Gasteiger partial charge in [0.05, 0.1) is 31.0 Å². The number of hydrogen-bond acceptors (Lipinski definition) is 7. The van der Waals surface area contributed by atoms with E-state index in [0.29, 0.717) is 35.3 Å². The Balaban J connectivity index is 1.51. The van der Waals surface area contributed by atoms with Gasteiger partial charge in [0.15, 0.2) is 5.65 Å². The average molecular weight is 495 g/mol. The number of amides is 1. The number of fused-ring (bicyclic) bond motifs is 2. The summed E-state index contributed by atoms with van der Waals surface area (Å²) in [6.45, 7) is 2.84. The lowest BCUT2D eigenvalue weighted by molar-refractivity contribution is 0.0953. The number of rotatable bonds is 8. The highest BCUT2D eigenvalue weighted by atomic mass is 16.5. The number of carbonyl (C=O) groups is 1. The van der Waals surface area contributed by atoms with Crippen molar-refractivity contribution in [3.63, 3.8) is 0 Å². The molecule has 0 radical (unpaired) electrons. The molecule has 0 unspecified atom stereocenters. The Morgan fingerprint density at radius 2 is 1.68 bits per heavy atom. The quantitative estimate of drug-likeness (QED) is 0.309. The van der Waals surface area contributed by atoms with Crippen LogP contribution in [0.15, 0.2) is 77.9 Å². The molecule has 2 aromatic heterocycles. The minimum atomic E-state index is -0.363. The first-order valence-electron chi connectivity index (χ1n) is 11.8. The van der Waals surface area contributed by atoms with Crippen LogP contribution in [0, 0.1) is 0 Å². The molecule has 3 N–H and O–H groups in total. The van der Waals surface area contributed by atoms with Gasteiger partial charge in [0.2, 0.25) is 0 Å². The van der Waals surface area contributed by atoms with Crippen molar-refractivity contribution in [2.75, 3.05) is 19.5 Å². The summed E-state index contributed by atoms with van der Waals surface area (Å²) in [6.07, 6.45) is 1.65. The number of nitrogens with two attached hydrogens (primary N) is 1. The summed E-state index contributed by atoms with van der Waals surface area (Å²) >= 11 is 0. The molecule has 3 aromatic carbocycles. The Kier molecular flexibility index (Phi) is 6.67. The Hall–Kier alpha value is -4.92. The van der Waals surface area contributed by atoms with E-state index in [1.165, 1.54) is 4.68 Å². The number of benzene rings is 3. The van der Waals surface area contributed by atoms with Crippen LogP contribution in [0.5, 0.6) is 11.5 Å². The molecule has 9 heteroatoms. The number of nitrogens with one attached hydrogen (secondary N) is 1. The second-order valence-corrected chi connectivity index (χ2v) is 8.23. The molecule has 0 aliphatic heterocycles. The van der Waals surface area contributed by atoms with Crippen molar-refractivity contribution in [2.45, 2.75) is 13.5 Å². The fraction of sp³-hybridized carbons (Fsp3) is 0.143. The van der Waals surface area contributed by atoms with Gasteiger partial charge < -0.3 is 20.5 Å². The zero-order chi connectivity index (χ0) is 25.8. The number of nitrogen functional groups attached to an aromatic ring is 1. The van der Waals surface area contributed by atoms with Gasteiger partial charge in [-0.3, -0.25) is 4.79 Å². The Labute approximate surface area is 213 Å². The van der Waals surface area contributed by atoms with Gasteiger partial charge in [0.25, 0.3) is 5.91 Å². The van der Waals surface area contributed by atoms with Crippen molar-refractivity contribution in [2.24, 2.45) is 5.10 Å². The number of carbonyl (C=O) groups excluding carboxylic acids is 1. The molecule has 1 amide bonds. The first-order chi connectivity index (χ1) is 18.1. The van der Waals surface area contributed by atoms with Crippen LogP contribution in [-0.2, 0) is 6.54 Å². The molecule has 0 saturated heterocycles. The van der Waals surface area contributed by atoms with E-state index in [4.69, 9.17) is 25.2 Å². The van der Waals surface area contributed by atoms with Crippen LogP contribution in [0.1, 0.15) is 28.4 Å². The number of para-hydroxylation sites is 2. The first kappa shape index (κ1) is 23.8. The maximum Gasteiger partial charge on any atom is 0.257 e. The van der Waals surface area contributed by atoms with Crippen LogP contribution < -0.4 is 20.5 Å². The van der Waals surface area contributed by atoms with E-state index in [1.807, 2.05) is 79.7 Å². The van der Waals surface area contributed by atoms with Gasteiger partial charge in [-0.15, -0.1) is 0 Å². The molecule has 2 heterocycles. The van der Waals surface area contributed by atoms with Crippen LogP contribution in [0.25, 0.3) is 22.2 Å². The van der Waals surface area contributed by atoms with E-state index in [9.17, 15) is 4.79 Å². The molecule has 9 nitrogen and oxygen atoms in total. The van der Waals surface area contributed by atoms with Crippen molar-refractivity contribution in [3.8, 4) is 11.5 Å². The largest absolute Gasteiger partial charge is 0.497 e. The number of hydrogen-bond donors (Lipinski definition) is 2. The number of aromatic nitrogens is 3. The van der Waals surface area contributed by atoms with Crippen molar-refractivity contribution in [1.29, 1.82) is 0 Å². The summed E-state index contributed by atoms with van der Waals surface area (Å²) in [5, 5.41) is 7.49. The monoisotopic (exact) mass is 494 g/mol. The van der Waals surface area contributed by atoms with Crippen molar-refractivity contribution < 1.29 is 14.3 Å². The summed E-state index contributed by atoms with van der Waals surface area (Å²) in [4.78, 5) is 22.8. The minimum absolute atomic E-state index is 0.153. The van der Waals surface area contributed by atoms with Crippen LogP contribution >= 0.6 is 0 Å². The molecule has 0 saturated carbocycles. The molecule has 186 valence electrons. The smallest absolute Gasteiger partial charge is 0.257 e. The minimum Gasteiger partial charge on any atom is -0.497 e. The van der Waals surface area contributed by atoms with Gasteiger partial charge in [-0.05, 0) is 66.6 Å². The number of ether oxygens (including phenoxy) is 2. The van der Waals surface area contributed by atoms with E-state index in [0.717, 1.165) is 22.6 Å². The molecule has 37 heavy (non-hydrogen) atoms. The standard InChI is InChI=1S/C28H26N6O3/c1-3-37-21-14-10-19(11-15-21)17-31-34-26(29)24(25-27(34)33-23-7-5-4-6-22(23)32-25)28(35)30-16-18-8-12-20(36-2)13-9-18/h4-15,17H,3,16,29H2,1-2H3,(H,30,35). The van der Waals surface area contributed by atoms with Crippen LogP contribution in [0.4, 0.5) is 5.82 Å². The second-order valence-electron chi connectivity index (χ2n) is 8.23. The van der Waals surface area contributed by atoms with Crippen molar-refractivity contribution in [1.82, 2.24) is 20.0 Å². The maximum absolute atomic E-state index is 13.3. The van der Waals surface area contributed by atoms with Crippen LogP contribution in [0.2, 0.25) is 0 Å². The van der Waals surface area contributed by atoms with Gasteiger partial charge in [0, 0.05) is 6.54 Å². The fourth-order valence-corrected chi connectivity index (χ4v) is 3.94. The Morgan fingerprint density at radius 1 is 1.00 bits per heavy atom. The lowest BCUT2D eigenvalue weighted by Gasteiger charge is -2.07. The molecule has 0 bridgehead atoms. The predicted molar refractivity (Wildman–Crippen MR) is 144 cm³/mol. The summed E-state index contributed by atoms with van der Waals surface area (Å²) < 4.78 is 12.1. The first-order valence-corrected chi connectivity index (χ1v) is 11.8. The van der Waals surface area contributed by atoms with Gasteiger partial charge in [0.1, 0.15) is 28.4 Å². The van der Waals surface area contributed by atoms with Crippen molar-refractivity contribution >= 4 is 40.1 Å². The average Bonchev–Trinajstić information content (AvgIpc) is 3.20. The predicted octanol–water partition coefficient (Wildman–Crippen LogP) is 4.39. The molecule has 0 aliphatic carbocycles. The summed E-state index contributed by atoms with van der Waals surface area (Å²) in [7, 11) is 1.61. The highest BCUT2D eigenvalue weighted by molar-refractivity contribution is 6.10.